The quantitative estimate of drug-likeness (QED) is 0.883. The van der Waals surface area contributed by atoms with Crippen LogP contribution in [0.1, 0.15) is 5.56 Å². The molecule has 0 bridgehead atoms. The number of ether oxygens (including phenoxy) is 2. The third kappa shape index (κ3) is 2.88. The molecule has 0 unspecified atom stereocenters. The Bertz CT molecular complexity index is 585. The van der Waals surface area contributed by atoms with Gasteiger partial charge >= 0.3 is 0 Å². The number of anilines is 3. The van der Waals surface area contributed by atoms with Gasteiger partial charge in [-0.1, -0.05) is 0 Å². The molecule has 0 atom stereocenters. The summed E-state index contributed by atoms with van der Waals surface area (Å²) in [6.07, 6.45) is 0. The number of hydrogen-bond acceptors (Lipinski definition) is 5. The fourth-order valence-corrected chi connectivity index (χ4v) is 1.70. The molecular weight excluding hydrogens is 242 g/mol. The number of nitrogens with zero attached hydrogens (tertiary/aromatic N) is 1. The molecule has 0 aliphatic heterocycles. The van der Waals surface area contributed by atoms with Crippen LogP contribution in [0.2, 0.25) is 0 Å². The molecule has 0 saturated heterocycles. The van der Waals surface area contributed by atoms with E-state index in [2.05, 4.69) is 10.3 Å². The van der Waals surface area contributed by atoms with Crippen molar-refractivity contribution in [3.05, 3.63) is 35.9 Å². The molecule has 0 spiro atoms. The Morgan fingerprint density at radius 2 is 1.89 bits per heavy atom. The molecular formula is C14H17N3O2. The van der Waals surface area contributed by atoms with Crippen LogP contribution >= 0.6 is 0 Å². The van der Waals surface area contributed by atoms with Crippen LogP contribution in [0.25, 0.3) is 0 Å². The van der Waals surface area contributed by atoms with Crippen LogP contribution < -0.4 is 20.5 Å². The third-order valence-electron chi connectivity index (χ3n) is 2.80. The highest BCUT2D eigenvalue weighted by Crippen LogP contribution is 2.27. The summed E-state index contributed by atoms with van der Waals surface area (Å²) in [6, 6.07) is 9.23. The van der Waals surface area contributed by atoms with E-state index >= 15 is 0 Å². The summed E-state index contributed by atoms with van der Waals surface area (Å²) in [4.78, 5) is 4.28. The Kier molecular flexibility index (Phi) is 3.75. The summed E-state index contributed by atoms with van der Waals surface area (Å²) in [5, 5.41) is 3.19. The summed E-state index contributed by atoms with van der Waals surface area (Å²) >= 11 is 0. The zero-order valence-electron chi connectivity index (χ0n) is 11.2. The lowest BCUT2D eigenvalue weighted by molar-refractivity contribution is 0.398. The van der Waals surface area contributed by atoms with Gasteiger partial charge in [-0.25, -0.2) is 0 Å². The fraction of sp³-hybridized carbons (Fsp3) is 0.214. The number of aryl methyl sites for hydroxylation is 1. The zero-order chi connectivity index (χ0) is 13.8. The summed E-state index contributed by atoms with van der Waals surface area (Å²) < 4.78 is 10.3. The lowest BCUT2D eigenvalue weighted by atomic mass is 10.2. The van der Waals surface area contributed by atoms with Gasteiger partial charge in [0.05, 0.1) is 19.9 Å². The van der Waals surface area contributed by atoms with Gasteiger partial charge < -0.3 is 20.5 Å². The molecule has 3 N–H and O–H groups in total. The van der Waals surface area contributed by atoms with Crippen LogP contribution in [0.3, 0.4) is 0 Å². The van der Waals surface area contributed by atoms with E-state index in [0.29, 0.717) is 17.4 Å². The monoisotopic (exact) mass is 259 g/mol. The van der Waals surface area contributed by atoms with Gasteiger partial charge in [0.25, 0.3) is 0 Å². The molecule has 0 aliphatic carbocycles. The Labute approximate surface area is 112 Å². The first-order chi connectivity index (χ1) is 9.13. The second kappa shape index (κ2) is 5.48. The topological polar surface area (TPSA) is 69.4 Å². The van der Waals surface area contributed by atoms with Crippen molar-refractivity contribution in [2.45, 2.75) is 6.92 Å². The number of pyridine rings is 1. The maximum atomic E-state index is 5.89. The van der Waals surface area contributed by atoms with E-state index in [9.17, 15) is 0 Å². The molecule has 1 aromatic heterocycles. The molecule has 5 heteroatoms. The summed E-state index contributed by atoms with van der Waals surface area (Å²) in [6.45, 7) is 1.99. The minimum Gasteiger partial charge on any atom is -0.497 e. The number of hydrogen-bond donors (Lipinski definition) is 2. The Hall–Kier alpha value is -2.43. The number of aromatic nitrogens is 1. The molecule has 1 heterocycles. The van der Waals surface area contributed by atoms with Gasteiger partial charge in [-0.15, -0.1) is 0 Å². The third-order valence-corrected chi connectivity index (χ3v) is 2.80. The van der Waals surface area contributed by atoms with Crippen LogP contribution in [0.15, 0.2) is 30.3 Å². The first-order valence-electron chi connectivity index (χ1n) is 5.86. The van der Waals surface area contributed by atoms with Crippen molar-refractivity contribution in [3.8, 4) is 11.6 Å². The van der Waals surface area contributed by atoms with Crippen LogP contribution in [0, 0.1) is 6.92 Å². The molecule has 19 heavy (non-hydrogen) atoms. The van der Waals surface area contributed by atoms with Crippen LogP contribution in [-0.4, -0.2) is 19.2 Å². The molecule has 5 nitrogen and oxygen atoms in total. The predicted molar refractivity (Wildman–Crippen MR) is 76.2 cm³/mol. The number of benzene rings is 1. The molecule has 0 amide bonds. The van der Waals surface area contributed by atoms with E-state index in [4.69, 9.17) is 15.2 Å². The van der Waals surface area contributed by atoms with E-state index in [1.54, 1.807) is 26.4 Å². The molecule has 0 radical (unpaired) electrons. The fourth-order valence-electron chi connectivity index (χ4n) is 1.70. The standard InChI is InChI=1S/C14H17N3O2/c1-9-8-10(18-2)4-6-12(9)16-14-11(15)5-7-13(17-14)19-3/h4-8H,15H2,1-3H3,(H,16,17). The second-order valence-electron chi connectivity index (χ2n) is 4.10. The summed E-state index contributed by atoms with van der Waals surface area (Å²) in [5.74, 6) is 1.91. The van der Waals surface area contributed by atoms with Crippen molar-refractivity contribution in [2.24, 2.45) is 0 Å². The minimum atomic E-state index is 0.517. The van der Waals surface area contributed by atoms with Crippen molar-refractivity contribution >= 4 is 17.2 Å². The van der Waals surface area contributed by atoms with Gasteiger partial charge in [0.2, 0.25) is 5.88 Å². The normalized spacial score (nSPS) is 10.1. The Balaban J connectivity index is 2.30. The van der Waals surface area contributed by atoms with E-state index in [1.165, 1.54) is 0 Å². The van der Waals surface area contributed by atoms with Gasteiger partial charge in [0.1, 0.15) is 5.75 Å². The smallest absolute Gasteiger partial charge is 0.215 e. The predicted octanol–water partition coefficient (Wildman–Crippen LogP) is 2.73. The van der Waals surface area contributed by atoms with Gasteiger partial charge in [-0.05, 0) is 36.8 Å². The lowest BCUT2D eigenvalue weighted by Gasteiger charge is -2.12. The molecule has 0 saturated carbocycles. The van der Waals surface area contributed by atoms with Crippen LogP contribution in [0.5, 0.6) is 11.6 Å². The number of nitrogen functional groups attached to an aromatic ring is 1. The van der Waals surface area contributed by atoms with E-state index in [-0.39, 0.29) is 0 Å². The highest BCUT2D eigenvalue weighted by atomic mass is 16.5. The molecule has 0 aliphatic rings. The first-order valence-corrected chi connectivity index (χ1v) is 5.86. The van der Waals surface area contributed by atoms with Gasteiger partial charge in [-0.3, -0.25) is 0 Å². The molecule has 2 rings (SSSR count). The second-order valence-corrected chi connectivity index (χ2v) is 4.10. The lowest BCUT2D eigenvalue weighted by Crippen LogP contribution is -2.01. The average Bonchev–Trinajstić information content (AvgIpc) is 2.43. The maximum Gasteiger partial charge on any atom is 0.215 e. The van der Waals surface area contributed by atoms with Crippen LogP contribution in [0.4, 0.5) is 17.2 Å². The van der Waals surface area contributed by atoms with Crippen molar-refractivity contribution in [1.29, 1.82) is 0 Å². The summed E-state index contributed by atoms with van der Waals surface area (Å²) in [7, 11) is 3.21. The van der Waals surface area contributed by atoms with Gasteiger partial charge in [0.15, 0.2) is 5.82 Å². The number of nitrogens with one attached hydrogen (secondary N) is 1. The van der Waals surface area contributed by atoms with E-state index < -0.39 is 0 Å². The number of rotatable bonds is 4. The van der Waals surface area contributed by atoms with Crippen molar-refractivity contribution < 1.29 is 9.47 Å². The zero-order valence-corrected chi connectivity index (χ0v) is 11.2. The van der Waals surface area contributed by atoms with Gasteiger partial charge in [-0.2, -0.15) is 4.98 Å². The van der Waals surface area contributed by atoms with Crippen LogP contribution in [-0.2, 0) is 0 Å². The number of methoxy groups -OCH3 is 2. The molecule has 2 aromatic rings. The molecule has 0 fully saturated rings. The maximum absolute atomic E-state index is 5.89. The highest BCUT2D eigenvalue weighted by molar-refractivity contribution is 5.71. The minimum absolute atomic E-state index is 0.517. The van der Waals surface area contributed by atoms with Crippen molar-refractivity contribution in [3.63, 3.8) is 0 Å². The Morgan fingerprint density at radius 3 is 2.53 bits per heavy atom. The van der Waals surface area contributed by atoms with E-state index in [0.717, 1.165) is 17.0 Å². The Morgan fingerprint density at radius 1 is 1.11 bits per heavy atom. The number of nitrogens with two attached hydrogens (primary N) is 1. The van der Waals surface area contributed by atoms with Crippen molar-refractivity contribution in [1.82, 2.24) is 4.98 Å². The molecule has 1 aromatic carbocycles. The largest absolute Gasteiger partial charge is 0.497 e. The highest BCUT2D eigenvalue weighted by Gasteiger charge is 2.06. The first kappa shape index (κ1) is 13.0. The average molecular weight is 259 g/mol. The SMILES string of the molecule is COc1ccc(Nc2nc(OC)ccc2N)c(C)c1. The van der Waals surface area contributed by atoms with E-state index in [1.807, 2.05) is 25.1 Å². The summed E-state index contributed by atoms with van der Waals surface area (Å²) in [5.41, 5.74) is 8.43. The van der Waals surface area contributed by atoms with Crippen molar-refractivity contribution in [2.75, 3.05) is 25.3 Å². The molecule has 100 valence electrons. The van der Waals surface area contributed by atoms with Gasteiger partial charge in [0, 0.05) is 11.8 Å².